The van der Waals surface area contributed by atoms with E-state index in [0.29, 0.717) is 0 Å². The van der Waals surface area contributed by atoms with Crippen LogP contribution in [0, 0.1) is 0 Å². The minimum absolute atomic E-state index is 0.0484. The Bertz CT molecular complexity index is 505. The zero-order valence-corrected chi connectivity index (χ0v) is 11.6. The van der Waals surface area contributed by atoms with E-state index in [1.807, 2.05) is 0 Å². The monoisotopic (exact) mass is 311 g/mol. The van der Waals surface area contributed by atoms with Crippen molar-refractivity contribution in [1.29, 1.82) is 0 Å². The van der Waals surface area contributed by atoms with Gasteiger partial charge in [0.2, 0.25) is 0 Å². The van der Waals surface area contributed by atoms with Gasteiger partial charge in [0.1, 0.15) is 16.5 Å². The average Bonchev–Trinajstić information content (AvgIpc) is 2.26. The molecule has 1 aromatic heterocycles. The number of nitrogens with zero attached hydrogens (tertiary/aromatic N) is 1. The van der Waals surface area contributed by atoms with E-state index in [0.717, 1.165) is 6.07 Å². The van der Waals surface area contributed by atoms with Gasteiger partial charge in [-0.2, -0.15) is 13.2 Å². The predicted molar refractivity (Wildman–Crippen MR) is 72.5 cm³/mol. The fourth-order valence-electron chi connectivity index (χ4n) is 1.26. The van der Waals surface area contributed by atoms with Gasteiger partial charge in [-0.05, 0) is 12.1 Å². The molecule has 3 N–H and O–H groups in total. The molecule has 1 unspecified atom stereocenters. The number of rotatable bonds is 5. The number of alkyl halides is 3. The van der Waals surface area contributed by atoms with Crippen LogP contribution in [0.3, 0.4) is 0 Å². The Balaban J connectivity index is 3.02. The fourth-order valence-corrected chi connectivity index (χ4v) is 1.82. The first-order valence-corrected chi connectivity index (χ1v) is 7.27. The number of thiocarbonyl (C=S) groups is 1. The fraction of sp³-hybridized carbons (Fsp3) is 0.400. The van der Waals surface area contributed by atoms with Crippen LogP contribution in [-0.2, 0) is 17.0 Å². The summed E-state index contributed by atoms with van der Waals surface area (Å²) in [4.78, 5) is 3.41. The van der Waals surface area contributed by atoms with Crippen LogP contribution in [0.2, 0.25) is 0 Å². The van der Waals surface area contributed by atoms with Crippen LogP contribution in [-0.4, -0.2) is 32.7 Å². The Hall–Kier alpha value is -1.22. The van der Waals surface area contributed by atoms with Crippen LogP contribution in [0.1, 0.15) is 11.3 Å². The van der Waals surface area contributed by atoms with Gasteiger partial charge in [0.15, 0.2) is 0 Å². The number of hydrogen-bond acceptors (Lipinski definition) is 4. The largest absolute Gasteiger partial charge is 0.433 e. The Morgan fingerprint density at radius 1 is 1.53 bits per heavy atom. The maximum atomic E-state index is 12.5. The summed E-state index contributed by atoms with van der Waals surface area (Å²) in [5.41, 5.74) is 4.61. The molecule has 0 aliphatic heterocycles. The summed E-state index contributed by atoms with van der Waals surface area (Å²) in [5, 5.41) is 2.67. The highest BCUT2D eigenvalue weighted by Crippen LogP contribution is 2.29. The molecular weight excluding hydrogens is 299 g/mol. The van der Waals surface area contributed by atoms with Crippen molar-refractivity contribution < 1.29 is 17.4 Å². The van der Waals surface area contributed by atoms with Crippen molar-refractivity contribution in [3.8, 4) is 0 Å². The van der Waals surface area contributed by atoms with Crippen molar-refractivity contribution in [2.75, 3.05) is 23.9 Å². The van der Waals surface area contributed by atoms with Gasteiger partial charge in [0.25, 0.3) is 0 Å². The summed E-state index contributed by atoms with van der Waals surface area (Å²) in [7, 11) is -1.06. The smallest absolute Gasteiger partial charge is 0.389 e. The van der Waals surface area contributed by atoms with Crippen molar-refractivity contribution in [2.24, 2.45) is 5.73 Å². The SMILES string of the molecule is CS(=O)CCNc1nc(C(F)(F)F)ccc1C(N)=S. The molecule has 1 rings (SSSR count). The summed E-state index contributed by atoms with van der Waals surface area (Å²) in [6.45, 7) is 0.215. The number of hydrogen-bond donors (Lipinski definition) is 2. The minimum Gasteiger partial charge on any atom is -0.389 e. The van der Waals surface area contributed by atoms with Crippen molar-refractivity contribution in [1.82, 2.24) is 4.98 Å². The van der Waals surface area contributed by atoms with Crippen molar-refractivity contribution >= 4 is 33.8 Å². The molecule has 0 aliphatic rings. The number of anilines is 1. The second kappa shape index (κ2) is 6.29. The van der Waals surface area contributed by atoms with E-state index in [1.165, 1.54) is 12.3 Å². The maximum absolute atomic E-state index is 12.5. The van der Waals surface area contributed by atoms with E-state index in [2.05, 4.69) is 10.3 Å². The number of nitrogens with one attached hydrogen (secondary N) is 1. The first-order chi connectivity index (χ1) is 8.71. The van der Waals surface area contributed by atoms with Crippen molar-refractivity contribution in [3.05, 3.63) is 23.4 Å². The van der Waals surface area contributed by atoms with Crippen LogP contribution in [0.4, 0.5) is 19.0 Å². The number of halogens is 3. The molecule has 0 saturated heterocycles. The second-order valence-electron chi connectivity index (χ2n) is 3.66. The molecule has 0 bridgehead atoms. The van der Waals surface area contributed by atoms with Crippen molar-refractivity contribution in [2.45, 2.75) is 6.18 Å². The predicted octanol–water partition coefficient (Wildman–Crippen LogP) is 1.52. The summed E-state index contributed by atoms with van der Waals surface area (Å²) in [6.07, 6.45) is -3.05. The lowest BCUT2D eigenvalue weighted by molar-refractivity contribution is -0.141. The average molecular weight is 311 g/mol. The molecule has 0 saturated carbocycles. The lowest BCUT2D eigenvalue weighted by atomic mass is 10.2. The van der Waals surface area contributed by atoms with E-state index in [4.69, 9.17) is 18.0 Å². The molecule has 0 aromatic carbocycles. The van der Waals surface area contributed by atoms with Crippen LogP contribution in [0.5, 0.6) is 0 Å². The molecule has 9 heteroatoms. The standard InChI is InChI=1S/C10H12F3N3OS2/c1-19(17)5-4-15-9-6(8(14)18)2-3-7(16-9)10(11,12)13/h2-3H,4-5H2,1H3,(H2,14,18)(H,15,16). The summed E-state index contributed by atoms with van der Waals surface area (Å²) in [6, 6.07) is 1.99. The Kier molecular flexibility index (Phi) is 5.24. The zero-order chi connectivity index (χ0) is 14.6. The normalized spacial score (nSPS) is 13.1. The molecule has 1 aromatic rings. The van der Waals surface area contributed by atoms with Crippen LogP contribution in [0.15, 0.2) is 12.1 Å². The Morgan fingerprint density at radius 2 is 2.16 bits per heavy atom. The molecular formula is C10H12F3N3OS2. The van der Waals surface area contributed by atoms with Crippen LogP contribution in [0.25, 0.3) is 0 Å². The maximum Gasteiger partial charge on any atom is 0.433 e. The Morgan fingerprint density at radius 3 is 2.63 bits per heavy atom. The van der Waals surface area contributed by atoms with E-state index in [1.54, 1.807) is 0 Å². The van der Waals surface area contributed by atoms with Gasteiger partial charge in [-0.3, -0.25) is 4.21 Å². The highest BCUT2D eigenvalue weighted by atomic mass is 32.2. The van der Waals surface area contributed by atoms with E-state index in [-0.39, 0.29) is 28.7 Å². The molecule has 0 radical (unpaired) electrons. The van der Waals surface area contributed by atoms with Gasteiger partial charge >= 0.3 is 6.18 Å². The molecule has 19 heavy (non-hydrogen) atoms. The highest BCUT2D eigenvalue weighted by molar-refractivity contribution is 7.84. The third kappa shape index (κ3) is 4.75. The number of nitrogens with two attached hydrogens (primary N) is 1. The minimum atomic E-state index is -4.54. The van der Waals surface area contributed by atoms with Gasteiger partial charge in [0.05, 0.1) is 5.56 Å². The van der Waals surface area contributed by atoms with Gasteiger partial charge < -0.3 is 11.1 Å². The molecule has 4 nitrogen and oxygen atoms in total. The van der Waals surface area contributed by atoms with E-state index < -0.39 is 22.7 Å². The highest BCUT2D eigenvalue weighted by Gasteiger charge is 2.33. The van der Waals surface area contributed by atoms with Crippen LogP contribution >= 0.6 is 12.2 Å². The molecule has 0 spiro atoms. The van der Waals surface area contributed by atoms with Crippen molar-refractivity contribution in [3.63, 3.8) is 0 Å². The topological polar surface area (TPSA) is 68.0 Å². The molecule has 106 valence electrons. The van der Waals surface area contributed by atoms with E-state index >= 15 is 0 Å². The van der Waals surface area contributed by atoms with Crippen LogP contribution < -0.4 is 11.1 Å². The quantitative estimate of drug-likeness (QED) is 0.807. The summed E-state index contributed by atoms with van der Waals surface area (Å²) >= 11 is 4.74. The van der Waals surface area contributed by atoms with E-state index in [9.17, 15) is 17.4 Å². The third-order valence-electron chi connectivity index (χ3n) is 2.13. The zero-order valence-electron chi connectivity index (χ0n) is 9.95. The third-order valence-corrected chi connectivity index (χ3v) is 3.13. The lowest BCUT2D eigenvalue weighted by Crippen LogP contribution is -2.19. The molecule has 0 fully saturated rings. The lowest BCUT2D eigenvalue weighted by Gasteiger charge is -2.13. The van der Waals surface area contributed by atoms with Gasteiger partial charge in [-0.25, -0.2) is 4.98 Å². The first kappa shape index (κ1) is 15.8. The molecule has 0 amide bonds. The summed E-state index contributed by atoms with van der Waals surface area (Å²) in [5.74, 6) is 0.238. The first-order valence-electron chi connectivity index (χ1n) is 5.13. The number of aromatic nitrogens is 1. The number of pyridine rings is 1. The van der Waals surface area contributed by atoms with Gasteiger partial charge in [-0.15, -0.1) is 0 Å². The molecule has 1 heterocycles. The molecule has 1 atom stereocenters. The molecule has 0 aliphatic carbocycles. The van der Waals surface area contributed by atoms with Gasteiger partial charge in [0, 0.05) is 29.4 Å². The van der Waals surface area contributed by atoms with Gasteiger partial charge in [-0.1, -0.05) is 12.2 Å². The second-order valence-corrected chi connectivity index (χ2v) is 5.65. The Labute approximate surface area is 116 Å². The summed E-state index contributed by atoms with van der Waals surface area (Å²) < 4.78 is 48.5.